The van der Waals surface area contributed by atoms with Gasteiger partial charge in [-0.2, -0.15) is 0 Å². The van der Waals surface area contributed by atoms with Gasteiger partial charge in [-0.3, -0.25) is 0 Å². The third-order valence-electron chi connectivity index (χ3n) is 3.86. The number of rotatable bonds is 7. The predicted molar refractivity (Wildman–Crippen MR) is 107 cm³/mol. The summed E-state index contributed by atoms with van der Waals surface area (Å²) in [4.78, 5) is 0. The first-order chi connectivity index (χ1) is 11.8. The van der Waals surface area contributed by atoms with E-state index in [0.29, 0.717) is 0 Å². The van der Waals surface area contributed by atoms with Crippen molar-refractivity contribution in [3.63, 3.8) is 0 Å². The molecule has 1 nitrogen and oxygen atoms in total. The van der Waals surface area contributed by atoms with Crippen molar-refractivity contribution in [1.29, 1.82) is 0 Å². The van der Waals surface area contributed by atoms with E-state index >= 15 is 0 Å². The summed E-state index contributed by atoms with van der Waals surface area (Å²) >= 11 is 3.87. The van der Waals surface area contributed by atoms with Gasteiger partial charge in [-0.05, 0) is 0 Å². The molecule has 0 aliphatic carbocycles. The van der Waals surface area contributed by atoms with E-state index in [1.165, 1.54) is 25.8 Å². The van der Waals surface area contributed by atoms with Gasteiger partial charge < -0.3 is 0 Å². The number of furan rings is 1. The quantitative estimate of drug-likeness (QED) is 0.384. The van der Waals surface area contributed by atoms with Crippen molar-refractivity contribution in [1.82, 2.24) is 0 Å². The molecule has 0 N–H and O–H groups in total. The Kier molecular flexibility index (Phi) is 6.37. The van der Waals surface area contributed by atoms with Crippen molar-refractivity contribution in [3.8, 4) is 11.3 Å². The summed E-state index contributed by atoms with van der Waals surface area (Å²) in [6, 6.07) is 21.3. The molecule has 1 heterocycles. The molecule has 0 unspecified atom stereocenters. The summed E-state index contributed by atoms with van der Waals surface area (Å²) in [5.41, 5.74) is 2.60. The summed E-state index contributed by atoms with van der Waals surface area (Å²) in [5.74, 6) is 2.24. The van der Waals surface area contributed by atoms with Gasteiger partial charge in [0.2, 0.25) is 0 Å². The molecule has 24 heavy (non-hydrogen) atoms. The molecule has 124 valence electrons. The zero-order valence-corrected chi connectivity index (χ0v) is 17.1. The number of hydrogen-bond acceptors (Lipinski definition) is 1. The Hall–Kier alpha value is -1.28. The molecule has 0 saturated heterocycles. The van der Waals surface area contributed by atoms with E-state index in [0.717, 1.165) is 30.4 Å². The van der Waals surface area contributed by atoms with Gasteiger partial charge in [-0.25, -0.2) is 0 Å². The second-order valence-corrected chi connectivity index (χ2v) is 8.70. The van der Waals surface area contributed by atoms with Crippen LogP contribution in [0.4, 0.5) is 0 Å². The van der Waals surface area contributed by atoms with Gasteiger partial charge in [0, 0.05) is 0 Å². The standard InChI is InChI=1S/C21H21BrOSe/c1-2-9-19-18(14-15-22)21(24-17-12-7-4-8-13-17)20(23-19)16-10-5-3-6-11-16/h3-8,10-13H,2,9,14-15H2,1H3. The average molecular weight is 448 g/mol. The third-order valence-corrected chi connectivity index (χ3v) is 6.66. The molecule has 0 fully saturated rings. The summed E-state index contributed by atoms with van der Waals surface area (Å²) in [6.07, 6.45) is 3.14. The minimum atomic E-state index is 0.249. The van der Waals surface area contributed by atoms with Crippen molar-refractivity contribution >= 4 is 39.8 Å². The molecular weight excluding hydrogens is 427 g/mol. The SMILES string of the molecule is CCCc1oc(-c2ccccc2)c([Se]c2ccccc2)c1CCBr. The number of halogens is 1. The van der Waals surface area contributed by atoms with Crippen LogP contribution in [0.2, 0.25) is 0 Å². The first-order valence-electron chi connectivity index (χ1n) is 8.32. The van der Waals surface area contributed by atoms with Gasteiger partial charge in [0.15, 0.2) is 0 Å². The van der Waals surface area contributed by atoms with Crippen molar-refractivity contribution < 1.29 is 4.42 Å². The molecule has 0 saturated carbocycles. The third kappa shape index (κ3) is 4.03. The van der Waals surface area contributed by atoms with Gasteiger partial charge in [0.1, 0.15) is 0 Å². The summed E-state index contributed by atoms with van der Waals surface area (Å²) in [7, 11) is 0. The fourth-order valence-electron chi connectivity index (χ4n) is 2.77. The first-order valence-corrected chi connectivity index (χ1v) is 11.2. The van der Waals surface area contributed by atoms with Gasteiger partial charge >= 0.3 is 159 Å². The van der Waals surface area contributed by atoms with E-state index in [9.17, 15) is 0 Å². The van der Waals surface area contributed by atoms with Crippen LogP contribution >= 0.6 is 15.9 Å². The predicted octanol–water partition coefficient (Wildman–Crippen LogP) is 4.49. The fourth-order valence-corrected chi connectivity index (χ4v) is 5.51. The van der Waals surface area contributed by atoms with Gasteiger partial charge in [-0.1, -0.05) is 0 Å². The summed E-state index contributed by atoms with van der Waals surface area (Å²) in [5, 5.41) is 0.968. The molecule has 3 rings (SSSR count). The molecule has 2 aromatic carbocycles. The second kappa shape index (κ2) is 8.71. The maximum atomic E-state index is 6.39. The van der Waals surface area contributed by atoms with E-state index in [-0.39, 0.29) is 15.0 Å². The Bertz CT molecular complexity index is 765. The monoisotopic (exact) mass is 448 g/mol. The number of aryl methyl sites for hydroxylation is 1. The van der Waals surface area contributed by atoms with Crippen LogP contribution in [0, 0.1) is 0 Å². The Morgan fingerprint density at radius 3 is 2.21 bits per heavy atom. The van der Waals surface area contributed by atoms with Crippen LogP contribution in [0.25, 0.3) is 11.3 Å². The zero-order valence-electron chi connectivity index (χ0n) is 13.8. The van der Waals surface area contributed by atoms with Gasteiger partial charge in [0.25, 0.3) is 0 Å². The molecule has 3 aromatic rings. The van der Waals surface area contributed by atoms with Crippen LogP contribution in [0.3, 0.4) is 0 Å². The molecule has 0 aliphatic rings. The maximum absolute atomic E-state index is 6.39. The van der Waals surface area contributed by atoms with E-state index in [1.54, 1.807) is 0 Å². The van der Waals surface area contributed by atoms with Gasteiger partial charge in [-0.15, -0.1) is 0 Å². The Balaban J connectivity index is 2.10. The molecule has 0 bridgehead atoms. The summed E-state index contributed by atoms with van der Waals surface area (Å²) in [6.45, 7) is 2.21. The van der Waals surface area contributed by atoms with Crippen LogP contribution in [0.1, 0.15) is 24.7 Å². The second-order valence-electron chi connectivity index (χ2n) is 5.63. The van der Waals surface area contributed by atoms with Crippen molar-refractivity contribution in [2.45, 2.75) is 26.2 Å². The van der Waals surface area contributed by atoms with Crippen LogP contribution in [0.15, 0.2) is 65.1 Å². The molecule has 0 spiro atoms. The molecule has 0 amide bonds. The molecular formula is C21H21BrOSe. The minimum absolute atomic E-state index is 0.249. The van der Waals surface area contributed by atoms with Crippen molar-refractivity contribution in [2.75, 3.05) is 5.33 Å². The number of hydrogen-bond donors (Lipinski definition) is 0. The molecule has 0 atom stereocenters. The van der Waals surface area contributed by atoms with E-state index in [4.69, 9.17) is 4.42 Å². The topological polar surface area (TPSA) is 13.1 Å². The molecule has 0 aliphatic heterocycles. The van der Waals surface area contributed by atoms with E-state index in [2.05, 4.69) is 83.5 Å². The van der Waals surface area contributed by atoms with Crippen LogP contribution in [-0.4, -0.2) is 20.3 Å². The zero-order chi connectivity index (χ0) is 16.8. The Morgan fingerprint density at radius 1 is 0.917 bits per heavy atom. The molecule has 3 heteroatoms. The van der Waals surface area contributed by atoms with Crippen LogP contribution in [0.5, 0.6) is 0 Å². The van der Waals surface area contributed by atoms with E-state index < -0.39 is 0 Å². The summed E-state index contributed by atoms with van der Waals surface area (Å²) < 4.78 is 9.19. The van der Waals surface area contributed by atoms with Crippen molar-refractivity contribution in [2.24, 2.45) is 0 Å². The Morgan fingerprint density at radius 2 is 1.58 bits per heavy atom. The number of benzene rings is 2. The number of alkyl halides is 1. The fraction of sp³-hybridized carbons (Fsp3) is 0.238. The molecule has 1 aromatic heterocycles. The van der Waals surface area contributed by atoms with Crippen LogP contribution < -0.4 is 8.92 Å². The van der Waals surface area contributed by atoms with Crippen LogP contribution in [-0.2, 0) is 12.8 Å². The normalized spacial score (nSPS) is 10.9. The Labute approximate surface area is 158 Å². The van der Waals surface area contributed by atoms with E-state index in [1.807, 2.05) is 0 Å². The molecule has 0 radical (unpaired) electrons. The first kappa shape index (κ1) is 17.5. The average Bonchev–Trinajstić information content (AvgIpc) is 2.95. The van der Waals surface area contributed by atoms with Gasteiger partial charge in [0.05, 0.1) is 0 Å². The van der Waals surface area contributed by atoms with Crippen molar-refractivity contribution in [3.05, 3.63) is 72.0 Å².